The van der Waals surface area contributed by atoms with Crippen molar-refractivity contribution < 1.29 is 24.5 Å². The zero-order valence-corrected chi connectivity index (χ0v) is 12.9. The largest absolute Gasteiger partial charge is 0.481 e. The van der Waals surface area contributed by atoms with Crippen molar-refractivity contribution in [2.75, 3.05) is 0 Å². The van der Waals surface area contributed by atoms with Gasteiger partial charge in [0.05, 0.1) is 24.4 Å². The summed E-state index contributed by atoms with van der Waals surface area (Å²) >= 11 is 0. The number of ether oxygens (including phenoxy) is 1. The fourth-order valence-electron chi connectivity index (χ4n) is 2.16. The van der Waals surface area contributed by atoms with Crippen LogP contribution in [0.25, 0.3) is 5.82 Å². The van der Waals surface area contributed by atoms with E-state index in [1.54, 1.807) is 23.0 Å². The summed E-state index contributed by atoms with van der Waals surface area (Å²) in [6.07, 6.45) is 6.21. The van der Waals surface area contributed by atoms with Gasteiger partial charge in [-0.15, -0.1) is 0 Å². The Bertz CT molecular complexity index is 918. The number of carboxylic acids is 2. The van der Waals surface area contributed by atoms with E-state index in [1.807, 2.05) is 0 Å². The molecule has 2 aromatic heterocycles. The highest BCUT2D eigenvalue weighted by atomic mass is 16.5. The summed E-state index contributed by atoms with van der Waals surface area (Å²) < 4.78 is 7.22. The van der Waals surface area contributed by atoms with Crippen LogP contribution in [-0.2, 0) is 11.2 Å². The Labute approximate surface area is 142 Å². The summed E-state index contributed by atoms with van der Waals surface area (Å²) in [4.78, 5) is 29.9. The Morgan fingerprint density at radius 2 is 1.84 bits per heavy atom. The van der Waals surface area contributed by atoms with Gasteiger partial charge in [-0.2, -0.15) is 4.98 Å². The fourth-order valence-corrected chi connectivity index (χ4v) is 2.16. The lowest BCUT2D eigenvalue weighted by Crippen LogP contribution is -2.00. The van der Waals surface area contributed by atoms with E-state index in [1.165, 1.54) is 36.7 Å². The van der Waals surface area contributed by atoms with Crippen molar-refractivity contribution in [1.82, 2.24) is 14.5 Å². The Kier molecular flexibility index (Phi) is 4.42. The Balaban J connectivity index is 1.78. The van der Waals surface area contributed by atoms with Crippen LogP contribution in [0.1, 0.15) is 15.9 Å². The lowest BCUT2D eigenvalue weighted by Gasteiger charge is -2.07. The molecule has 0 aliphatic rings. The van der Waals surface area contributed by atoms with Gasteiger partial charge in [0.25, 0.3) is 0 Å². The molecule has 0 aliphatic carbocycles. The lowest BCUT2D eigenvalue weighted by atomic mass is 10.2. The van der Waals surface area contributed by atoms with Crippen LogP contribution in [0.3, 0.4) is 0 Å². The van der Waals surface area contributed by atoms with Crippen LogP contribution in [0, 0.1) is 0 Å². The number of nitrogens with zero attached hydrogens (tertiary/aromatic N) is 3. The van der Waals surface area contributed by atoms with Gasteiger partial charge in [-0.25, -0.2) is 4.79 Å². The lowest BCUT2D eigenvalue weighted by molar-refractivity contribution is -0.136. The average molecular weight is 339 g/mol. The van der Waals surface area contributed by atoms with Crippen LogP contribution >= 0.6 is 0 Å². The van der Waals surface area contributed by atoms with Gasteiger partial charge in [0, 0.05) is 12.4 Å². The van der Waals surface area contributed by atoms with Gasteiger partial charge >= 0.3 is 11.9 Å². The summed E-state index contributed by atoms with van der Waals surface area (Å²) in [5.41, 5.74) is 0.801. The summed E-state index contributed by atoms with van der Waals surface area (Å²) in [6, 6.07) is 7.60. The van der Waals surface area contributed by atoms with Gasteiger partial charge < -0.3 is 19.5 Å². The summed E-state index contributed by atoms with van der Waals surface area (Å²) in [5, 5.41) is 17.7. The van der Waals surface area contributed by atoms with Crippen LogP contribution in [0.5, 0.6) is 11.6 Å². The van der Waals surface area contributed by atoms with Crippen LogP contribution in [0.4, 0.5) is 0 Å². The molecule has 0 unspecified atom stereocenters. The molecular formula is C17H13N3O5. The van der Waals surface area contributed by atoms with E-state index in [0.717, 1.165) is 0 Å². The van der Waals surface area contributed by atoms with Gasteiger partial charge in [-0.1, -0.05) is 0 Å². The van der Waals surface area contributed by atoms with Gasteiger partial charge in [0.1, 0.15) is 5.75 Å². The first-order valence-electron chi connectivity index (χ1n) is 7.23. The van der Waals surface area contributed by atoms with Crippen LogP contribution < -0.4 is 4.74 Å². The van der Waals surface area contributed by atoms with Gasteiger partial charge in [-0.3, -0.25) is 9.78 Å². The standard InChI is InChI=1S/C17H13N3O5/c21-16(22)7-11-5-6-20(10-11)14-8-18-9-15(19-14)25-13-3-1-12(2-4-13)17(23)24/h1-6,8-10H,7H2,(H,21,22)(H,23,24). The second-order valence-electron chi connectivity index (χ2n) is 5.14. The van der Waals surface area contributed by atoms with Crippen molar-refractivity contribution in [2.24, 2.45) is 0 Å². The number of aromatic carboxylic acids is 1. The summed E-state index contributed by atoms with van der Waals surface area (Å²) in [5.74, 6) is -0.801. The fraction of sp³-hybridized carbons (Fsp3) is 0.0588. The number of carbonyl (C=O) groups is 2. The first-order valence-corrected chi connectivity index (χ1v) is 7.23. The van der Waals surface area contributed by atoms with E-state index in [0.29, 0.717) is 17.1 Å². The molecule has 0 fully saturated rings. The van der Waals surface area contributed by atoms with Crippen molar-refractivity contribution in [2.45, 2.75) is 6.42 Å². The maximum atomic E-state index is 10.8. The zero-order chi connectivity index (χ0) is 17.8. The SMILES string of the molecule is O=C(O)Cc1ccn(-c2cncc(Oc3ccc(C(=O)O)cc3)n2)c1. The molecule has 0 saturated heterocycles. The summed E-state index contributed by atoms with van der Waals surface area (Å²) in [6.45, 7) is 0. The molecule has 2 heterocycles. The van der Waals surface area contributed by atoms with E-state index in [2.05, 4.69) is 9.97 Å². The first kappa shape index (κ1) is 16.2. The van der Waals surface area contributed by atoms with E-state index in [4.69, 9.17) is 14.9 Å². The number of aliphatic carboxylic acids is 1. The van der Waals surface area contributed by atoms with Crippen molar-refractivity contribution in [3.05, 3.63) is 66.2 Å². The molecule has 25 heavy (non-hydrogen) atoms. The highest BCUT2D eigenvalue weighted by Gasteiger charge is 2.07. The molecule has 0 atom stereocenters. The molecule has 0 amide bonds. The molecule has 126 valence electrons. The predicted molar refractivity (Wildman–Crippen MR) is 86.2 cm³/mol. The molecule has 2 N–H and O–H groups in total. The van der Waals surface area contributed by atoms with Gasteiger partial charge in [-0.05, 0) is 35.9 Å². The summed E-state index contributed by atoms with van der Waals surface area (Å²) in [7, 11) is 0. The van der Waals surface area contributed by atoms with E-state index in [9.17, 15) is 9.59 Å². The van der Waals surface area contributed by atoms with Crippen molar-refractivity contribution >= 4 is 11.9 Å². The quantitative estimate of drug-likeness (QED) is 0.708. The molecule has 0 bridgehead atoms. The van der Waals surface area contributed by atoms with Crippen LogP contribution in [0.15, 0.2) is 55.1 Å². The Hall–Kier alpha value is -3.68. The highest BCUT2D eigenvalue weighted by molar-refractivity contribution is 5.87. The number of benzene rings is 1. The Morgan fingerprint density at radius 3 is 2.52 bits per heavy atom. The molecule has 8 heteroatoms. The van der Waals surface area contributed by atoms with Crippen molar-refractivity contribution in [1.29, 1.82) is 0 Å². The smallest absolute Gasteiger partial charge is 0.335 e. The number of aromatic nitrogens is 3. The van der Waals surface area contributed by atoms with Gasteiger partial charge in [0.2, 0.25) is 5.88 Å². The van der Waals surface area contributed by atoms with Crippen molar-refractivity contribution in [3.8, 4) is 17.4 Å². The first-order chi connectivity index (χ1) is 12.0. The minimum absolute atomic E-state index is 0.0768. The topological polar surface area (TPSA) is 115 Å². The zero-order valence-electron chi connectivity index (χ0n) is 12.9. The molecular weight excluding hydrogens is 326 g/mol. The molecule has 8 nitrogen and oxygen atoms in total. The van der Waals surface area contributed by atoms with Crippen LogP contribution in [-0.4, -0.2) is 36.7 Å². The third-order valence-corrected chi connectivity index (χ3v) is 3.30. The van der Waals surface area contributed by atoms with E-state index < -0.39 is 11.9 Å². The van der Waals surface area contributed by atoms with Gasteiger partial charge in [0.15, 0.2) is 5.82 Å². The van der Waals surface area contributed by atoms with Crippen molar-refractivity contribution in [3.63, 3.8) is 0 Å². The van der Waals surface area contributed by atoms with E-state index >= 15 is 0 Å². The molecule has 1 aromatic carbocycles. The molecule has 3 rings (SSSR count). The molecule has 0 saturated carbocycles. The second kappa shape index (κ2) is 6.83. The number of rotatable bonds is 6. The third kappa shape index (κ3) is 3.99. The van der Waals surface area contributed by atoms with E-state index in [-0.39, 0.29) is 17.9 Å². The second-order valence-corrected chi connectivity index (χ2v) is 5.14. The maximum Gasteiger partial charge on any atom is 0.335 e. The molecule has 3 aromatic rings. The molecule has 0 spiro atoms. The normalized spacial score (nSPS) is 10.4. The molecule has 0 radical (unpaired) electrons. The Morgan fingerprint density at radius 1 is 1.08 bits per heavy atom. The molecule has 0 aliphatic heterocycles. The minimum atomic E-state index is -1.02. The predicted octanol–water partition coefficient (Wildman–Crippen LogP) is 2.38. The minimum Gasteiger partial charge on any atom is -0.481 e. The third-order valence-electron chi connectivity index (χ3n) is 3.30. The monoisotopic (exact) mass is 339 g/mol. The average Bonchev–Trinajstić information content (AvgIpc) is 3.03. The highest BCUT2D eigenvalue weighted by Crippen LogP contribution is 2.20. The maximum absolute atomic E-state index is 10.8. The number of hydrogen-bond acceptors (Lipinski definition) is 5. The number of carboxylic acid groups (broad SMARTS) is 2. The van der Waals surface area contributed by atoms with Crippen LogP contribution in [0.2, 0.25) is 0 Å². The number of hydrogen-bond donors (Lipinski definition) is 2.